The van der Waals surface area contributed by atoms with Crippen LogP contribution in [0.3, 0.4) is 0 Å². The smallest absolute Gasteiger partial charge is 0.263 e. The third kappa shape index (κ3) is 5.09. The molecular formula is C23H18Cl2FN5O4S. The number of aromatic nitrogens is 3. The van der Waals surface area contributed by atoms with Crippen LogP contribution in [0.1, 0.15) is 18.2 Å². The van der Waals surface area contributed by atoms with Gasteiger partial charge in [0.15, 0.2) is 11.5 Å². The number of aliphatic hydroxyl groups excluding tert-OH is 1. The summed E-state index contributed by atoms with van der Waals surface area (Å²) in [7, 11) is -4.37. The second-order valence-electron chi connectivity index (χ2n) is 7.72. The molecule has 0 bridgehead atoms. The van der Waals surface area contributed by atoms with Crippen LogP contribution in [-0.2, 0) is 21.4 Å². The highest BCUT2D eigenvalue weighted by atomic mass is 35.5. The fraction of sp³-hybridized carbons (Fsp3) is 0.130. The molecule has 0 saturated carbocycles. The van der Waals surface area contributed by atoms with Gasteiger partial charge in [0, 0.05) is 40.4 Å². The number of amides is 1. The highest BCUT2D eigenvalue weighted by Crippen LogP contribution is 2.34. The maximum atomic E-state index is 15.6. The number of rotatable bonds is 6. The van der Waals surface area contributed by atoms with Gasteiger partial charge in [-0.3, -0.25) is 14.8 Å². The maximum Gasteiger partial charge on any atom is 0.263 e. The quantitative estimate of drug-likeness (QED) is 0.317. The lowest BCUT2D eigenvalue weighted by atomic mass is 10.0. The molecule has 0 aliphatic rings. The highest BCUT2D eigenvalue weighted by Gasteiger charge is 2.24. The van der Waals surface area contributed by atoms with Crippen LogP contribution in [0.2, 0.25) is 10.0 Å². The van der Waals surface area contributed by atoms with Gasteiger partial charge in [0.2, 0.25) is 11.9 Å². The number of hydrogen-bond donors (Lipinski definition) is 3. The average molecular weight is 550 g/mol. The molecule has 0 aliphatic carbocycles. The van der Waals surface area contributed by atoms with Gasteiger partial charge >= 0.3 is 0 Å². The van der Waals surface area contributed by atoms with Crippen molar-refractivity contribution in [3.05, 3.63) is 69.7 Å². The molecule has 0 spiro atoms. The molecule has 186 valence electrons. The lowest BCUT2D eigenvalue weighted by Crippen LogP contribution is -2.15. The molecule has 9 nitrogen and oxygen atoms in total. The van der Waals surface area contributed by atoms with Crippen LogP contribution in [-0.4, -0.2) is 34.4 Å². The summed E-state index contributed by atoms with van der Waals surface area (Å²) in [6.07, 6.45) is 1.44. The first-order valence-electron chi connectivity index (χ1n) is 10.3. The molecule has 36 heavy (non-hydrogen) atoms. The van der Waals surface area contributed by atoms with Crippen LogP contribution in [0.4, 0.5) is 16.0 Å². The number of carbonyl (C=O) groups excluding carboxylic acids is 1. The van der Waals surface area contributed by atoms with Crippen molar-refractivity contribution < 1.29 is 22.7 Å². The van der Waals surface area contributed by atoms with E-state index in [-0.39, 0.29) is 38.7 Å². The first-order valence-corrected chi connectivity index (χ1v) is 12.6. The second-order valence-corrected chi connectivity index (χ2v) is 10.2. The van der Waals surface area contributed by atoms with E-state index in [2.05, 4.69) is 25.0 Å². The molecule has 2 aromatic heterocycles. The minimum atomic E-state index is -4.37. The Morgan fingerprint density at radius 2 is 1.89 bits per heavy atom. The first-order chi connectivity index (χ1) is 17.0. The van der Waals surface area contributed by atoms with Crippen molar-refractivity contribution in [2.75, 3.05) is 10.0 Å². The van der Waals surface area contributed by atoms with E-state index in [1.54, 1.807) is 13.0 Å². The number of hydrogen-bond acceptors (Lipinski definition) is 7. The number of aliphatic hydroxyl groups is 1. The van der Waals surface area contributed by atoms with E-state index in [9.17, 15) is 18.3 Å². The van der Waals surface area contributed by atoms with Crippen LogP contribution in [0.15, 0.2) is 47.5 Å². The number of nitrogens with one attached hydrogen (secondary N) is 2. The summed E-state index contributed by atoms with van der Waals surface area (Å²) in [5.41, 5.74) is 0.967. The molecule has 0 unspecified atom stereocenters. The van der Waals surface area contributed by atoms with Crippen molar-refractivity contribution in [1.29, 1.82) is 0 Å². The number of aryl methyl sites for hydroxylation is 1. The van der Waals surface area contributed by atoms with Gasteiger partial charge in [-0.25, -0.2) is 22.8 Å². The fourth-order valence-corrected chi connectivity index (χ4v) is 5.48. The Bertz CT molecular complexity index is 1630. The molecule has 2 heterocycles. The Labute approximate surface area is 215 Å². The Balaban J connectivity index is 1.75. The molecule has 13 heteroatoms. The zero-order chi connectivity index (χ0) is 26.2. The molecular weight excluding hydrogens is 532 g/mol. The van der Waals surface area contributed by atoms with E-state index < -0.39 is 27.3 Å². The predicted molar refractivity (Wildman–Crippen MR) is 135 cm³/mol. The molecule has 0 radical (unpaired) electrons. The van der Waals surface area contributed by atoms with Crippen LogP contribution < -0.4 is 10.0 Å². The summed E-state index contributed by atoms with van der Waals surface area (Å²) in [5, 5.41) is 12.2. The Morgan fingerprint density at radius 1 is 1.14 bits per heavy atom. The largest absolute Gasteiger partial charge is 0.392 e. The number of nitrogens with zero attached hydrogens (tertiary/aromatic N) is 3. The van der Waals surface area contributed by atoms with Gasteiger partial charge in [-0.1, -0.05) is 35.3 Å². The molecule has 0 aliphatic heterocycles. The molecule has 0 atom stereocenters. The van der Waals surface area contributed by atoms with E-state index in [1.807, 2.05) is 0 Å². The SMILES string of the molecule is CC(=O)Nc1ncc2cc(-c3cccc(NS(=O)(=O)c4cc(Cl)cc(CO)c4Cl)c3F)c(C)nc2n1. The molecule has 0 fully saturated rings. The van der Waals surface area contributed by atoms with E-state index >= 15 is 4.39 Å². The fourth-order valence-electron chi connectivity index (χ4n) is 3.49. The zero-order valence-electron chi connectivity index (χ0n) is 18.8. The minimum Gasteiger partial charge on any atom is -0.392 e. The van der Waals surface area contributed by atoms with Crippen molar-refractivity contribution in [3.63, 3.8) is 0 Å². The third-order valence-corrected chi connectivity index (χ3v) is 7.29. The Morgan fingerprint density at radius 3 is 2.58 bits per heavy atom. The lowest BCUT2D eigenvalue weighted by molar-refractivity contribution is -0.114. The van der Waals surface area contributed by atoms with Gasteiger partial charge < -0.3 is 5.11 Å². The van der Waals surface area contributed by atoms with Crippen molar-refractivity contribution in [3.8, 4) is 11.1 Å². The van der Waals surface area contributed by atoms with Crippen LogP contribution in [0, 0.1) is 12.7 Å². The molecule has 1 amide bonds. The summed E-state index contributed by atoms with van der Waals surface area (Å²) >= 11 is 12.1. The van der Waals surface area contributed by atoms with E-state index in [1.165, 1.54) is 37.4 Å². The number of carbonyl (C=O) groups is 1. The van der Waals surface area contributed by atoms with E-state index in [4.69, 9.17) is 23.2 Å². The summed E-state index contributed by atoms with van der Waals surface area (Å²) in [5.74, 6) is -1.10. The van der Waals surface area contributed by atoms with Gasteiger partial charge in [-0.05, 0) is 36.8 Å². The molecule has 2 aromatic carbocycles. The van der Waals surface area contributed by atoms with Crippen molar-refractivity contribution >= 4 is 61.8 Å². The first kappa shape index (κ1) is 25.7. The third-order valence-electron chi connectivity index (χ3n) is 5.12. The Kier molecular flexibility index (Phi) is 7.10. The van der Waals surface area contributed by atoms with Crippen molar-refractivity contribution in [2.45, 2.75) is 25.3 Å². The monoisotopic (exact) mass is 549 g/mol. The van der Waals surface area contributed by atoms with Gasteiger partial charge in [-0.15, -0.1) is 0 Å². The molecule has 4 aromatic rings. The topological polar surface area (TPSA) is 134 Å². The number of pyridine rings is 1. The van der Waals surface area contributed by atoms with Crippen LogP contribution in [0.25, 0.3) is 22.2 Å². The second kappa shape index (κ2) is 9.94. The zero-order valence-corrected chi connectivity index (χ0v) is 21.1. The normalized spacial score (nSPS) is 11.5. The lowest BCUT2D eigenvalue weighted by Gasteiger charge is -2.15. The summed E-state index contributed by atoms with van der Waals surface area (Å²) in [6, 6.07) is 8.28. The highest BCUT2D eigenvalue weighted by molar-refractivity contribution is 7.92. The maximum absolute atomic E-state index is 15.6. The van der Waals surface area contributed by atoms with E-state index in [0.29, 0.717) is 22.3 Å². The molecule has 3 N–H and O–H groups in total. The van der Waals surface area contributed by atoms with Crippen molar-refractivity contribution in [1.82, 2.24) is 15.0 Å². The van der Waals surface area contributed by atoms with Gasteiger partial charge in [0.05, 0.1) is 17.3 Å². The van der Waals surface area contributed by atoms with E-state index in [0.717, 1.165) is 6.07 Å². The summed E-state index contributed by atoms with van der Waals surface area (Å²) in [6.45, 7) is 2.44. The van der Waals surface area contributed by atoms with Crippen LogP contribution >= 0.6 is 23.2 Å². The Hall–Kier alpha value is -3.38. The average Bonchev–Trinajstić information content (AvgIpc) is 2.81. The van der Waals surface area contributed by atoms with Crippen LogP contribution in [0.5, 0.6) is 0 Å². The molecule has 4 rings (SSSR count). The standard InChI is InChI=1S/C23H18Cl2FN5O4S/c1-11-17(7-13-9-27-23(29-12(2)33)30-22(13)28-11)16-4-3-5-18(21(16)26)31-36(34,35)19-8-15(24)6-14(10-32)20(19)25/h3-9,31-32H,10H2,1-2H3,(H,27,28,29,30,33). The summed E-state index contributed by atoms with van der Waals surface area (Å²) < 4.78 is 43.8. The molecule has 0 saturated heterocycles. The van der Waals surface area contributed by atoms with Gasteiger partial charge in [0.25, 0.3) is 10.0 Å². The van der Waals surface area contributed by atoms with Crippen molar-refractivity contribution in [2.24, 2.45) is 0 Å². The number of halogens is 3. The number of anilines is 2. The van der Waals surface area contributed by atoms with Gasteiger partial charge in [-0.2, -0.15) is 4.98 Å². The van der Waals surface area contributed by atoms with Gasteiger partial charge in [0.1, 0.15) is 4.90 Å². The number of fused-ring (bicyclic) bond motifs is 1. The predicted octanol–water partition coefficient (Wildman–Crippen LogP) is 4.70. The number of benzene rings is 2. The minimum absolute atomic E-state index is 0.0415. The summed E-state index contributed by atoms with van der Waals surface area (Å²) in [4.78, 5) is 23.5. The number of sulfonamides is 1.